The molecular weight excluding hydrogens is 282 g/mol. The van der Waals surface area contributed by atoms with Crippen LogP contribution in [0, 0.1) is 0 Å². The number of carbonyl (C=O) groups is 1. The van der Waals surface area contributed by atoms with Crippen LogP contribution in [-0.4, -0.2) is 38.0 Å². The van der Waals surface area contributed by atoms with Gasteiger partial charge in [0.1, 0.15) is 0 Å². The molecule has 1 amide bonds. The van der Waals surface area contributed by atoms with Crippen LogP contribution in [0.2, 0.25) is 0 Å². The van der Waals surface area contributed by atoms with Crippen molar-refractivity contribution in [3.8, 4) is 0 Å². The Labute approximate surface area is 110 Å². The van der Waals surface area contributed by atoms with Crippen LogP contribution in [0.3, 0.4) is 0 Å². The maximum Gasteiger partial charge on any atom is 0.255 e. The Balaban J connectivity index is 2.68. The lowest BCUT2D eigenvalue weighted by molar-refractivity contribution is 0.0795. The molecule has 0 spiro atoms. The van der Waals surface area contributed by atoms with Crippen LogP contribution >= 0.6 is 15.9 Å². The fourth-order valence-corrected chi connectivity index (χ4v) is 1.91. The molecule has 17 heavy (non-hydrogen) atoms. The summed E-state index contributed by atoms with van der Waals surface area (Å²) < 4.78 is 0.879. The summed E-state index contributed by atoms with van der Waals surface area (Å²) in [5, 5.41) is 3.05. The van der Waals surface area contributed by atoms with Gasteiger partial charge in [0.25, 0.3) is 5.91 Å². The summed E-state index contributed by atoms with van der Waals surface area (Å²) in [6, 6.07) is 5.32. The first-order valence-electron chi connectivity index (χ1n) is 5.51. The lowest BCUT2D eigenvalue weighted by Crippen LogP contribution is -2.30. The highest BCUT2D eigenvalue weighted by molar-refractivity contribution is 9.10. The van der Waals surface area contributed by atoms with Crippen LogP contribution < -0.4 is 11.1 Å². The van der Waals surface area contributed by atoms with Crippen LogP contribution in [0.15, 0.2) is 22.7 Å². The number of nitrogens with one attached hydrogen (secondary N) is 1. The third kappa shape index (κ3) is 4.02. The second-order valence-electron chi connectivity index (χ2n) is 3.92. The lowest BCUT2D eigenvalue weighted by Gasteiger charge is -2.18. The Morgan fingerprint density at radius 1 is 1.53 bits per heavy atom. The number of rotatable bonds is 5. The fraction of sp³-hybridized carbons (Fsp3) is 0.417. The molecule has 0 atom stereocenters. The van der Waals surface area contributed by atoms with Crippen LogP contribution in [0.5, 0.6) is 0 Å². The quantitative estimate of drug-likeness (QED) is 0.643. The summed E-state index contributed by atoms with van der Waals surface area (Å²) in [6.45, 7) is 1.61. The van der Waals surface area contributed by atoms with Gasteiger partial charge in [-0.05, 0) is 38.2 Å². The number of hydrogen-bond acceptors (Lipinski definition) is 3. The Morgan fingerprint density at radius 3 is 2.82 bits per heavy atom. The predicted octanol–water partition coefficient (Wildman–Crippen LogP) is 1.71. The van der Waals surface area contributed by atoms with Crippen LogP contribution in [0.25, 0.3) is 0 Å². The Hall–Kier alpha value is -1.07. The highest BCUT2D eigenvalue weighted by Crippen LogP contribution is 2.19. The molecule has 0 fully saturated rings. The summed E-state index contributed by atoms with van der Waals surface area (Å²) in [7, 11) is 3.69. The fourth-order valence-electron chi connectivity index (χ4n) is 1.53. The van der Waals surface area contributed by atoms with Gasteiger partial charge in [0, 0.05) is 23.8 Å². The molecule has 5 heteroatoms. The molecule has 1 aromatic rings. The summed E-state index contributed by atoms with van der Waals surface area (Å²) in [6.07, 6.45) is 0.926. The van der Waals surface area contributed by atoms with Gasteiger partial charge in [-0.3, -0.25) is 4.79 Å². The Morgan fingerprint density at radius 2 is 2.24 bits per heavy atom. The van der Waals surface area contributed by atoms with Gasteiger partial charge in [-0.25, -0.2) is 0 Å². The monoisotopic (exact) mass is 299 g/mol. The molecule has 4 nitrogen and oxygen atoms in total. The van der Waals surface area contributed by atoms with Crippen molar-refractivity contribution >= 4 is 27.5 Å². The molecule has 0 aliphatic heterocycles. The van der Waals surface area contributed by atoms with Crippen molar-refractivity contribution in [3.05, 3.63) is 28.2 Å². The van der Waals surface area contributed by atoms with E-state index < -0.39 is 0 Å². The Kier molecular flexibility index (Phi) is 5.44. The van der Waals surface area contributed by atoms with E-state index in [0.717, 1.165) is 24.0 Å². The first-order chi connectivity index (χ1) is 8.06. The standard InChI is InChI=1S/C12H18BrN3O/c1-15-6-3-7-16(2)12(17)10-5-4-9(13)8-11(10)14/h4-5,8,15H,3,6-7,14H2,1-2H3. The predicted molar refractivity (Wildman–Crippen MR) is 74.1 cm³/mol. The number of nitrogens with two attached hydrogens (primary N) is 1. The third-order valence-electron chi connectivity index (χ3n) is 2.51. The molecule has 0 bridgehead atoms. The maximum atomic E-state index is 12.1. The van der Waals surface area contributed by atoms with Crippen LogP contribution in [-0.2, 0) is 0 Å². The average molecular weight is 300 g/mol. The average Bonchev–Trinajstić information content (AvgIpc) is 2.28. The van der Waals surface area contributed by atoms with E-state index >= 15 is 0 Å². The van der Waals surface area contributed by atoms with Crippen molar-refractivity contribution < 1.29 is 4.79 Å². The van der Waals surface area contributed by atoms with Crippen molar-refractivity contribution in [2.24, 2.45) is 0 Å². The molecule has 0 aromatic heterocycles. The highest BCUT2D eigenvalue weighted by atomic mass is 79.9. The van der Waals surface area contributed by atoms with Crippen molar-refractivity contribution in [2.45, 2.75) is 6.42 Å². The van der Waals surface area contributed by atoms with E-state index in [1.54, 1.807) is 24.1 Å². The first-order valence-corrected chi connectivity index (χ1v) is 6.30. The smallest absolute Gasteiger partial charge is 0.255 e. The minimum atomic E-state index is -0.0360. The van der Waals surface area contributed by atoms with E-state index in [1.807, 2.05) is 13.1 Å². The van der Waals surface area contributed by atoms with Gasteiger partial charge in [0.05, 0.1) is 5.56 Å². The van der Waals surface area contributed by atoms with Crippen molar-refractivity contribution in [1.29, 1.82) is 0 Å². The van der Waals surface area contributed by atoms with E-state index in [2.05, 4.69) is 21.2 Å². The summed E-state index contributed by atoms with van der Waals surface area (Å²) in [4.78, 5) is 13.8. The number of amides is 1. The molecule has 0 saturated carbocycles. The zero-order valence-electron chi connectivity index (χ0n) is 10.2. The molecule has 1 rings (SSSR count). The topological polar surface area (TPSA) is 58.4 Å². The number of carbonyl (C=O) groups excluding carboxylic acids is 1. The molecule has 0 saturated heterocycles. The third-order valence-corrected chi connectivity index (χ3v) is 3.00. The first kappa shape index (κ1) is 14.0. The van der Waals surface area contributed by atoms with Crippen LogP contribution in [0.1, 0.15) is 16.8 Å². The van der Waals surface area contributed by atoms with Gasteiger partial charge in [-0.2, -0.15) is 0 Å². The number of hydrogen-bond donors (Lipinski definition) is 2. The number of benzene rings is 1. The van der Waals surface area contributed by atoms with E-state index in [4.69, 9.17) is 5.73 Å². The Bertz CT molecular complexity index is 395. The summed E-state index contributed by atoms with van der Waals surface area (Å²) >= 11 is 3.32. The molecule has 0 heterocycles. The SMILES string of the molecule is CNCCCN(C)C(=O)c1ccc(Br)cc1N. The number of nitrogens with zero attached hydrogens (tertiary/aromatic N) is 1. The second-order valence-corrected chi connectivity index (χ2v) is 4.83. The van der Waals surface area contributed by atoms with E-state index in [9.17, 15) is 4.79 Å². The zero-order chi connectivity index (χ0) is 12.8. The van der Waals surface area contributed by atoms with Gasteiger partial charge >= 0.3 is 0 Å². The molecule has 3 N–H and O–H groups in total. The summed E-state index contributed by atoms with van der Waals surface area (Å²) in [5.41, 5.74) is 6.89. The molecule has 0 aliphatic rings. The number of nitrogen functional groups attached to an aromatic ring is 1. The minimum Gasteiger partial charge on any atom is -0.398 e. The largest absolute Gasteiger partial charge is 0.398 e. The lowest BCUT2D eigenvalue weighted by atomic mass is 10.1. The van der Waals surface area contributed by atoms with Crippen molar-refractivity contribution in [3.63, 3.8) is 0 Å². The van der Waals surface area contributed by atoms with Crippen molar-refractivity contribution in [1.82, 2.24) is 10.2 Å². The normalized spacial score (nSPS) is 10.3. The van der Waals surface area contributed by atoms with E-state index in [0.29, 0.717) is 11.3 Å². The second kappa shape index (κ2) is 6.61. The van der Waals surface area contributed by atoms with E-state index in [-0.39, 0.29) is 5.91 Å². The van der Waals surface area contributed by atoms with Gasteiger partial charge < -0.3 is 16.0 Å². The minimum absolute atomic E-state index is 0.0360. The summed E-state index contributed by atoms with van der Waals surface area (Å²) in [5.74, 6) is -0.0360. The molecule has 0 aliphatic carbocycles. The van der Waals surface area contributed by atoms with Gasteiger partial charge in [0.15, 0.2) is 0 Å². The number of halogens is 1. The van der Waals surface area contributed by atoms with E-state index in [1.165, 1.54) is 0 Å². The highest BCUT2D eigenvalue weighted by Gasteiger charge is 2.14. The van der Waals surface area contributed by atoms with Gasteiger partial charge in [-0.1, -0.05) is 15.9 Å². The van der Waals surface area contributed by atoms with Crippen molar-refractivity contribution in [2.75, 3.05) is 32.9 Å². The van der Waals surface area contributed by atoms with Gasteiger partial charge in [0.2, 0.25) is 0 Å². The molecule has 94 valence electrons. The van der Waals surface area contributed by atoms with Crippen LogP contribution in [0.4, 0.5) is 5.69 Å². The molecular formula is C12H18BrN3O. The molecule has 1 aromatic carbocycles. The van der Waals surface area contributed by atoms with Gasteiger partial charge in [-0.15, -0.1) is 0 Å². The molecule has 0 unspecified atom stereocenters. The molecule has 0 radical (unpaired) electrons. The maximum absolute atomic E-state index is 12.1. The number of anilines is 1. The zero-order valence-corrected chi connectivity index (χ0v) is 11.8.